The van der Waals surface area contributed by atoms with Gasteiger partial charge in [-0.3, -0.25) is 4.79 Å². The zero-order valence-corrected chi connectivity index (χ0v) is 15.0. The van der Waals surface area contributed by atoms with E-state index in [4.69, 9.17) is 0 Å². The van der Waals surface area contributed by atoms with Gasteiger partial charge in [0, 0.05) is 57.1 Å². The molecule has 0 radical (unpaired) electrons. The number of piperazine rings is 1. The van der Waals surface area contributed by atoms with Gasteiger partial charge in [0.25, 0.3) is 0 Å². The topological polar surface area (TPSA) is 26.8 Å². The average Bonchev–Trinajstić information content (AvgIpc) is 2.70. The molecule has 25 heavy (non-hydrogen) atoms. The van der Waals surface area contributed by atoms with Crippen LogP contribution in [-0.2, 0) is 4.79 Å². The number of benzene rings is 2. The lowest BCUT2D eigenvalue weighted by atomic mass is 10.2. The van der Waals surface area contributed by atoms with Crippen molar-refractivity contribution in [2.45, 2.75) is 13.3 Å². The summed E-state index contributed by atoms with van der Waals surface area (Å²) in [5.41, 5.74) is 2.43. The lowest BCUT2D eigenvalue weighted by Gasteiger charge is -2.36. The highest BCUT2D eigenvalue weighted by atomic mass is 16.2. The maximum Gasteiger partial charge on any atom is 0.224 e. The van der Waals surface area contributed by atoms with Gasteiger partial charge < -0.3 is 14.7 Å². The summed E-state index contributed by atoms with van der Waals surface area (Å²) >= 11 is 0. The van der Waals surface area contributed by atoms with E-state index in [0.29, 0.717) is 6.42 Å². The Bertz CT molecular complexity index is 651. The molecule has 0 unspecified atom stereocenters. The molecular weight excluding hydrogens is 310 g/mol. The Kier molecular flexibility index (Phi) is 5.94. The number of anilines is 2. The van der Waals surface area contributed by atoms with Crippen LogP contribution < -0.4 is 9.80 Å². The third-order valence-corrected chi connectivity index (χ3v) is 4.85. The maximum atomic E-state index is 12.6. The molecule has 1 fully saturated rings. The van der Waals surface area contributed by atoms with Gasteiger partial charge in [-0.05, 0) is 31.2 Å². The van der Waals surface area contributed by atoms with Crippen LogP contribution in [-0.4, -0.2) is 50.1 Å². The zero-order valence-electron chi connectivity index (χ0n) is 15.0. The zero-order chi connectivity index (χ0) is 17.5. The molecular formula is C21H27N3O. The van der Waals surface area contributed by atoms with Crippen LogP contribution in [0.3, 0.4) is 0 Å². The predicted octanol–water partition coefficient (Wildman–Crippen LogP) is 3.25. The SMILES string of the molecule is CCN(CCC(=O)N1CCN(c2ccccc2)CC1)c1ccccc1. The smallest absolute Gasteiger partial charge is 0.224 e. The Labute approximate surface area is 150 Å². The van der Waals surface area contributed by atoms with Crippen LogP contribution in [0.5, 0.6) is 0 Å². The molecule has 1 amide bonds. The Hall–Kier alpha value is -2.49. The summed E-state index contributed by atoms with van der Waals surface area (Å²) in [7, 11) is 0. The van der Waals surface area contributed by atoms with Crippen LogP contribution in [0.2, 0.25) is 0 Å². The molecule has 132 valence electrons. The van der Waals surface area contributed by atoms with Gasteiger partial charge in [0.05, 0.1) is 0 Å². The highest BCUT2D eigenvalue weighted by molar-refractivity contribution is 5.77. The third kappa shape index (κ3) is 4.53. The first-order chi connectivity index (χ1) is 12.3. The van der Waals surface area contributed by atoms with Crippen molar-refractivity contribution in [2.75, 3.05) is 49.1 Å². The van der Waals surface area contributed by atoms with Crippen LogP contribution in [0.15, 0.2) is 60.7 Å². The Morgan fingerprint density at radius 2 is 1.52 bits per heavy atom. The van der Waals surface area contributed by atoms with Gasteiger partial charge in [-0.1, -0.05) is 36.4 Å². The monoisotopic (exact) mass is 337 g/mol. The standard InChI is InChI=1S/C21H27N3O/c1-2-22(19-9-5-3-6-10-19)14-13-21(25)24-17-15-23(16-18-24)20-11-7-4-8-12-20/h3-12H,2,13-18H2,1H3. The molecule has 0 N–H and O–H groups in total. The van der Waals surface area contributed by atoms with Crippen LogP contribution in [0, 0.1) is 0 Å². The van der Waals surface area contributed by atoms with E-state index >= 15 is 0 Å². The van der Waals surface area contributed by atoms with Crippen molar-refractivity contribution in [3.8, 4) is 0 Å². The van der Waals surface area contributed by atoms with Gasteiger partial charge in [0.2, 0.25) is 5.91 Å². The van der Waals surface area contributed by atoms with E-state index in [1.165, 1.54) is 11.4 Å². The predicted molar refractivity (Wildman–Crippen MR) is 104 cm³/mol. The summed E-state index contributed by atoms with van der Waals surface area (Å²) in [6, 6.07) is 20.8. The fourth-order valence-corrected chi connectivity index (χ4v) is 3.35. The second-order valence-electron chi connectivity index (χ2n) is 6.37. The molecule has 0 aromatic heterocycles. The Morgan fingerprint density at radius 3 is 2.12 bits per heavy atom. The van der Waals surface area contributed by atoms with Gasteiger partial charge in [0.15, 0.2) is 0 Å². The van der Waals surface area contributed by atoms with E-state index in [-0.39, 0.29) is 5.91 Å². The van der Waals surface area contributed by atoms with Crippen molar-refractivity contribution in [1.29, 1.82) is 0 Å². The van der Waals surface area contributed by atoms with E-state index in [1.807, 2.05) is 29.2 Å². The van der Waals surface area contributed by atoms with Crippen molar-refractivity contribution in [1.82, 2.24) is 4.90 Å². The molecule has 4 nitrogen and oxygen atoms in total. The van der Waals surface area contributed by atoms with Gasteiger partial charge >= 0.3 is 0 Å². The van der Waals surface area contributed by atoms with Crippen molar-refractivity contribution < 1.29 is 4.79 Å². The minimum absolute atomic E-state index is 0.266. The fourth-order valence-electron chi connectivity index (χ4n) is 3.35. The summed E-state index contributed by atoms with van der Waals surface area (Å²) in [5.74, 6) is 0.266. The van der Waals surface area contributed by atoms with E-state index in [0.717, 1.165) is 39.3 Å². The van der Waals surface area contributed by atoms with Gasteiger partial charge in [-0.15, -0.1) is 0 Å². The van der Waals surface area contributed by atoms with Crippen molar-refractivity contribution in [3.63, 3.8) is 0 Å². The molecule has 0 saturated carbocycles. The van der Waals surface area contributed by atoms with Gasteiger partial charge in [-0.25, -0.2) is 0 Å². The third-order valence-electron chi connectivity index (χ3n) is 4.85. The molecule has 0 aliphatic carbocycles. The van der Waals surface area contributed by atoms with Crippen molar-refractivity contribution >= 4 is 17.3 Å². The highest BCUT2D eigenvalue weighted by Gasteiger charge is 2.21. The number of hydrogen-bond donors (Lipinski definition) is 0. The number of hydrogen-bond acceptors (Lipinski definition) is 3. The Balaban J connectivity index is 1.48. The summed E-state index contributed by atoms with van der Waals surface area (Å²) in [6.07, 6.45) is 0.577. The van der Waals surface area contributed by atoms with Crippen molar-refractivity contribution in [3.05, 3.63) is 60.7 Å². The molecule has 2 aromatic rings. The fraction of sp³-hybridized carbons (Fsp3) is 0.381. The minimum atomic E-state index is 0.266. The molecule has 0 spiro atoms. The first-order valence-electron chi connectivity index (χ1n) is 9.15. The molecule has 4 heteroatoms. The van der Waals surface area contributed by atoms with E-state index in [2.05, 4.69) is 53.1 Å². The van der Waals surface area contributed by atoms with Crippen LogP contribution >= 0.6 is 0 Å². The normalized spacial score (nSPS) is 14.4. The number of carbonyl (C=O) groups excluding carboxylic acids is 1. The van der Waals surface area contributed by atoms with Crippen molar-refractivity contribution in [2.24, 2.45) is 0 Å². The number of para-hydroxylation sites is 2. The number of nitrogens with zero attached hydrogens (tertiary/aromatic N) is 3. The van der Waals surface area contributed by atoms with Gasteiger partial charge in [-0.2, -0.15) is 0 Å². The van der Waals surface area contributed by atoms with E-state index in [1.54, 1.807) is 0 Å². The van der Waals surface area contributed by atoms with E-state index < -0.39 is 0 Å². The first-order valence-corrected chi connectivity index (χ1v) is 9.15. The summed E-state index contributed by atoms with van der Waals surface area (Å²) in [4.78, 5) is 19.2. The molecule has 0 bridgehead atoms. The summed E-state index contributed by atoms with van der Waals surface area (Å²) < 4.78 is 0. The summed E-state index contributed by atoms with van der Waals surface area (Å²) in [5, 5.41) is 0. The molecule has 1 aliphatic heterocycles. The lowest BCUT2D eigenvalue weighted by Crippen LogP contribution is -2.49. The quantitative estimate of drug-likeness (QED) is 0.809. The van der Waals surface area contributed by atoms with Crippen LogP contribution in [0.25, 0.3) is 0 Å². The molecule has 2 aromatic carbocycles. The van der Waals surface area contributed by atoms with Crippen LogP contribution in [0.1, 0.15) is 13.3 Å². The second kappa shape index (κ2) is 8.56. The van der Waals surface area contributed by atoms with Gasteiger partial charge in [0.1, 0.15) is 0 Å². The highest BCUT2D eigenvalue weighted by Crippen LogP contribution is 2.17. The molecule has 0 atom stereocenters. The largest absolute Gasteiger partial charge is 0.371 e. The number of rotatable bonds is 6. The second-order valence-corrected chi connectivity index (χ2v) is 6.37. The number of amides is 1. The first kappa shape index (κ1) is 17.3. The maximum absolute atomic E-state index is 12.6. The molecule has 1 saturated heterocycles. The minimum Gasteiger partial charge on any atom is -0.371 e. The Morgan fingerprint density at radius 1 is 0.920 bits per heavy atom. The number of carbonyl (C=O) groups is 1. The average molecular weight is 337 g/mol. The van der Waals surface area contributed by atoms with Crippen LogP contribution in [0.4, 0.5) is 11.4 Å². The lowest BCUT2D eigenvalue weighted by molar-refractivity contribution is -0.131. The molecule has 1 aliphatic rings. The molecule has 1 heterocycles. The molecule has 3 rings (SSSR count). The van der Waals surface area contributed by atoms with E-state index in [9.17, 15) is 4.79 Å². The summed E-state index contributed by atoms with van der Waals surface area (Å²) in [6.45, 7) is 7.27.